The van der Waals surface area contributed by atoms with Gasteiger partial charge in [0.25, 0.3) is 5.79 Å². The molecule has 2 aliphatic heterocycles. The molecule has 1 unspecified atom stereocenters. The summed E-state index contributed by atoms with van der Waals surface area (Å²) in [5.41, 5.74) is 0. The van der Waals surface area contributed by atoms with E-state index in [0.717, 1.165) is 17.9 Å². The second-order valence-corrected chi connectivity index (χ2v) is 2.58. The Bertz CT molecular complexity index is 242. The smallest absolute Gasteiger partial charge is 0.272 e. The van der Waals surface area contributed by atoms with Crippen molar-refractivity contribution in [3.63, 3.8) is 0 Å². The summed E-state index contributed by atoms with van der Waals surface area (Å²) in [5, 5.41) is 0. The van der Waals surface area contributed by atoms with Gasteiger partial charge in [-0.15, -0.1) is 0 Å². The molecule has 0 saturated carbocycles. The molecule has 60 valence electrons. The Morgan fingerprint density at radius 1 is 1.55 bits per heavy atom. The summed E-state index contributed by atoms with van der Waals surface area (Å²) in [5.74, 6) is 0.977. The van der Waals surface area contributed by atoms with E-state index >= 15 is 0 Å². The van der Waals surface area contributed by atoms with Crippen molar-refractivity contribution in [2.75, 3.05) is 14.2 Å². The molecule has 2 aliphatic rings. The molecule has 0 N–H and O–H groups in total. The van der Waals surface area contributed by atoms with Crippen molar-refractivity contribution in [2.24, 2.45) is 0 Å². The third-order valence-electron chi connectivity index (χ3n) is 2.05. The third kappa shape index (κ3) is 0.715. The van der Waals surface area contributed by atoms with E-state index in [4.69, 9.17) is 14.2 Å². The number of fused-ring (bicyclic) bond motifs is 2. The van der Waals surface area contributed by atoms with Crippen molar-refractivity contribution in [3.8, 4) is 0 Å². The number of methoxy groups -OCH3 is 2. The van der Waals surface area contributed by atoms with Gasteiger partial charge in [-0.2, -0.15) is 0 Å². The Morgan fingerprint density at radius 2 is 2.36 bits per heavy atom. The molecule has 0 aromatic heterocycles. The van der Waals surface area contributed by atoms with Crippen molar-refractivity contribution in [2.45, 2.75) is 12.2 Å². The summed E-state index contributed by atoms with van der Waals surface area (Å²) in [7, 11) is 3.24. The maximum absolute atomic E-state index is 5.43. The molecule has 0 aromatic rings. The predicted octanol–water partition coefficient (Wildman–Crippen LogP) is 1.18. The van der Waals surface area contributed by atoms with E-state index in [1.165, 1.54) is 0 Å². The van der Waals surface area contributed by atoms with Gasteiger partial charge in [0.2, 0.25) is 0 Å². The molecule has 1 atom stereocenters. The van der Waals surface area contributed by atoms with Gasteiger partial charge in [0.1, 0.15) is 5.76 Å². The SMILES string of the molecule is COC1=CC2=CCC1(OC)O2. The number of hydrogen-bond acceptors (Lipinski definition) is 3. The zero-order chi connectivity index (χ0) is 7.90. The Balaban J connectivity index is 2.33. The molecule has 2 heterocycles. The fourth-order valence-electron chi connectivity index (χ4n) is 1.43. The normalized spacial score (nSPS) is 32.9. The van der Waals surface area contributed by atoms with Gasteiger partial charge >= 0.3 is 0 Å². The highest BCUT2D eigenvalue weighted by molar-refractivity contribution is 5.33. The van der Waals surface area contributed by atoms with E-state index in [2.05, 4.69) is 0 Å². The summed E-state index contributed by atoms with van der Waals surface area (Å²) in [4.78, 5) is 0. The van der Waals surface area contributed by atoms with Crippen LogP contribution in [0.1, 0.15) is 6.42 Å². The Hall–Kier alpha value is -0.960. The summed E-state index contributed by atoms with van der Waals surface area (Å²) in [6.07, 6.45) is 4.59. The lowest BCUT2D eigenvalue weighted by molar-refractivity contribution is -0.164. The summed E-state index contributed by atoms with van der Waals surface area (Å²) >= 11 is 0. The highest BCUT2D eigenvalue weighted by Gasteiger charge is 2.46. The van der Waals surface area contributed by atoms with Crippen molar-refractivity contribution >= 4 is 0 Å². The van der Waals surface area contributed by atoms with Gasteiger partial charge in [0.05, 0.1) is 7.11 Å². The second-order valence-electron chi connectivity index (χ2n) is 2.58. The van der Waals surface area contributed by atoms with E-state index < -0.39 is 5.79 Å². The molecule has 0 aromatic carbocycles. The number of hydrogen-bond donors (Lipinski definition) is 0. The highest BCUT2D eigenvalue weighted by atomic mass is 16.7. The molecule has 0 radical (unpaired) electrons. The lowest BCUT2D eigenvalue weighted by atomic mass is 10.1. The van der Waals surface area contributed by atoms with Gasteiger partial charge in [-0.25, -0.2) is 0 Å². The molecule has 2 bridgehead atoms. The Kier molecular flexibility index (Phi) is 1.23. The monoisotopic (exact) mass is 154 g/mol. The van der Waals surface area contributed by atoms with Gasteiger partial charge in [-0.3, -0.25) is 0 Å². The first-order chi connectivity index (χ1) is 5.30. The molecule has 0 aliphatic carbocycles. The van der Waals surface area contributed by atoms with E-state index in [1.54, 1.807) is 14.2 Å². The molecule has 0 fully saturated rings. The molecule has 3 nitrogen and oxygen atoms in total. The topological polar surface area (TPSA) is 27.7 Å². The van der Waals surface area contributed by atoms with E-state index in [9.17, 15) is 0 Å². The fourth-order valence-corrected chi connectivity index (χ4v) is 1.43. The molecular formula is C8H10O3. The lowest BCUT2D eigenvalue weighted by Gasteiger charge is -2.24. The zero-order valence-corrected chi connectivity index (χ0v) is 6.59. The maximum Gasteiger partial charge on any atom is 0.272 e. The highest BCUT2D eigenvalue weighted by Crippen LogP contribution is 2.42. The van der Waals surface area contributed by atoms with Crippen LogP contribution in [0.5, 0.6) is 0 Å². The van der Waals surface area contributed by atoms with Gasteiger partial charge in [0.15, 0.2) is 5.76 Å². The van der Waals surface area contributed by atoms with Crippen molar-refractivity contribution in [1.29, 1.82) is 0 Å². The predicted molar refractivity (Wildman–Crippen MR) is 38.6 cm³/mol. The van der Waals surface area contributed by atoms with Crippen LogP contribution in [0.4, 0.5) is 0 Å². The molecule has 11 heavy (non-hydrogen) atoms. The van der Waals surface area contributed by atoms with E-state index in [1.807, 2.05) is 12.2 Å². The first-order valence-electron chi connectivity index (χ1n) is 3.51. The molecular weight excluding hydrogens is 144 g/mol. The quantitative estimate of drug-likeness (QED) is 0.597. The second kappa shape index (κ2) is 2.01. The van der Waals surface area contributed by atoms with Crippen LogP contribution in [0.25, 0.3) is 0 Å². The van der Waals surface area contributed by atoms with Crippen molar-refractivity contribution < 1.29 is 14.2 Å². The average Bonchev–Trinajstić information content (AvgIpc) is 2.60. The summed E-state index contributed by atoms with van der Waals surface area (Å²) in [6.45, 7) is 0. The molecule has 3 heteroatoms. The van der Waals surface area contributed by atoms with Crippen LogP contribution in [0.2, 0.25) is 0 Å². The van der Waals surface area contributed by atoms with E-state index in [0.29, 0.717) is 0 Å². The Labute approximate surface area is 65.2 Å². The fraction of sp³-hybridized carbons (Fsp3) is 0.500. The third-order valence-corrected chi connectivity index (χ3v) is 2.05. The maximum atomic E-state index is 5.43. The van der Waals surface area contributed by atoms with E-state index in [-0.39, 0.29) is 0 Å². The van der Waals surface area contributed by atoms with Crippen molar-refractivity contribution in [1.82, 2.24) is 0 Å². The van der Waals surface area contributed by atoms with Crippen LogP contribution < -0.4 is 0 Å². The minimum absolute atomic E-state index is 0.635. The molecule has 0 spiro atoms. The number of allylic oxidation sites excluding steroid dienone is 1. The molecule has 2 rings (SSSR count). The number of rotatable bonds is 2. The van der Waals surface area contributed by atoms with Crippen LogP contribution in [0.15, 0.2) is 23.7 Å². The lowest BCUT2D eigenvalue weighted by Crippen LogP contribution is -2.31. The first kappa shape index (κ1) is 6.73. The minimum Gasteiger partial charge on any atom is -0.494 e. The van der Waals surface area contributed by atoms with Gasteiger partial charge in [0, 0.05) is 19.6 Å². The largest absolute Gasteiger partial charge is 0.494 e. The zero-order valence-electron chi connectivity index (χ0n) is 6.59. The van der Waals surface area contributed by atoms with Gasteiger partial charge in [-0.05, 0) is 6.08 Å². The average molecular weight is 154 g/mol. The molecule has 0 saturated heterocycles. The van der Waals surface area contributed by atoms with Crippen LogP contribution in [-0.4, -0.2) is 20.0 Å². The van der Waals surface area contributed by atoms with Crippen LogP contribution in [0, 0.1) is 0 Å². The first-order valence-corrected chi connectivity index (χ1v) is 3.51. The summed E-state index contributed by atoms with van der Waals surface area (Å²) in [6, 6.07) is 0. The van der Waals surface area contributed by atoms with Gasteiger partial charge in [-0.1, -0.05) is 0 Å². The standard InChI is InChI=1S/C8H10O3/c1-9-7-5-6-3-4-8(7,10-2)11-6/h3,5H,4H2,1-2H3. The van der Waals surface area contributed by atoms with Gasteiger partial charge < -0.3 is 14.2 Å². The minimum atomic E-state index is -0.635. The van der Waals surface area contributed by atoms with Crippen molar-refractivity contribution in [3.05, 3.63) is 23.7 Å². The Morgan fingerprint density at radius 3 is 2.82 bits per heavy atom. The van der Waals surface area contributed by atoms with Crippen LogP contribution in [-0.2, 0) is 14.2 Å². The van der Waals surface area contributed by atoms with Crippen LogP contribution in [0.3, 0.4) is 0 Å². The number of ether oxygens (including phenoxy) is 3. The molecule has 0 amide bonds. The summed E-state index contributed by atoms with van der Waals surface area (Å²) < 4.78 is 15.8. The van der Waals surface area contributed by atoms with Crippen LogP contribution >= 0.6 is 0 Å².